The highest BCUT2D eigenvalue weighted by Gasteiger charge is 2.15. The Balaban J connectivity index is 1.39. The molecule has 0 bridgehead atoms. The lowest BCUT2D eigenvalue weighted by atomic mass is 10.3. The summed E-state index contributed by atoms with van der Waals surface area (Å²) in [4.78, 5) is 17.0. The minimum atomic E-state index is -0.365. The third-order valence-electron chi connectivity index (χ3n) is 4.41. The highest BCUT2D eigenvalue weighted by molar-refractivity contribution is 6.02. The van der Waals surface area contributed by atoms with E-state index in [1.165, 1.54) is 0 Å². The average molecular weight is 391 g/mol. The summed E-state index contributed by atoms with van der Waals surface area (Å²) in [6, 6.07) is 18.4. The van der Waals surface area contributed by atoms with Crippen LogP contribution >= 0.6 is 0 Å². The number of ether oxygens (including phenoxy) is 2. The van der Waals surface area contributed by atoms with Gasteiger partial charge in [-0.05, 0) is 55.5 Å². The van der Waals surface area contributed by atoms with E-state index in [0.29, 0.717) is 24.1 Å². The molecule has 4 rings (SSSR count). The molecule has 0 spiro atoms. The van der Waals surface area contributed by atoms with Gasteiger partial charge in [0.15, 0.2) is 5.76 Å². The number of imidazole rings is 1. The lowest BCUT2D eigenvalue weighted by Crippen LogP contribution is -2.14. The molecule has 2 heterocycles. The van der Waals surface area contributed by atoms with Gasteiger partial charge in [-0.25, -0.2) is 4.98 Å². The third-order valence-corrected chi connectivity index (χ3v) is 4.41. The summed E-state index contributed by atoms with van der Waals surface area (Å²) in [5.41, 5.74) is 1.75. The summed E-state index contributed by atoms with van der Waals surface area (Å²) in [5, 5.41) is 2.79. The predicted molar refractivity (Wildman–Crippen MR) is 109 cm³/mol. The van der Waals surface area contributed by atoms with Crippen LogP contribution in [-0.4, -0.2) is 22.1 Å². The molecule has 1 N–H and O–H groups in total. The number of aromatic nitrogens is 2. The molecule has 0 aliphatic heterocycles. The quantitative estimate of drug-likeness (QED) is 0.505. The van der Waals surface area contributed by atoms with E-state index in [4.69, 9.17) is 13.9 Å². The van der Waals surface area contributed by atoms with Gasteiger partial charge < -0.3 is 18.5 Å². The number of carbonyl (C=O) groups excluding carboxylic acids is 1. The maximum atomic E-state index is 12.5. The van der Waals surface area contributed by atoms with Crippen LogP contribution in [-0.2, 0) is 13.7 Å². The molecule has 148 valence electrons. The van der Waals surface area contributed by atoms with Gasteiger partial charge in [0, 0.05) is 7.05 Å². The number of aryl methyl sites for hydroxylation is 1. The van der Waals surface area contributed by atoms with Crippen LogP contribution in [0.15, 0.2) is 65.1 Å². The van der Waals surface area contributed by atoms with E-state index >= 15 is 0 Å². The fourth-order valence-electron chi connectivity index (χ4n) is 2.95. The van der Waals surface area contributed by atoms with E-state index in [-0.39, 0.29) is 18.3 Å². The Morgan fingerprint density at radius 3 is 2.48 bits per heavy atom. The number of carbonyl (C=O) groups is 1. The number of fused-ring (bicyclic) bond motifs is 1. The Morgan fingerprint density at radius 1 is 1.03 bits per heavy atom. The molecule has 0 unspecified atom stereocenters. The Labute approximate surface area is 167 Å². The van der Waals surface area contributed by atoms with Crippen molar-refractivity contribution in [3.8, 4) is 11.5 Å². The fourth-order valence-corrected chi connectivity index (χ4v) is 2.95. The van der Waals surface area contributed by atoms with Crippen LogP contribution in [0.25, 0.3) is 11.0 Å². The van der Waals surface area contributed by atoms with Crippen molar-refractivity contribution in [3.05, 3.63) is 72.2 Å². The molecule has 0 saturated carbocycles. The first kappa shape index (κ1) is 18.6. The minimum Gasteiger partial charge on any atom is -0.494 e. The Kier molecular flexibility index (Phi) is 5.20. The molecule has 2 aromatic heterocycles. The number of rotatable bonds is 7. The molecule has 7 heteroatoms. The smallest absolute Gasteiger partial charge is 0.293 e. The molecule has 0 fully saturated rings. The normalized spacial score (nSPS) is 10.8. The number of amides is 1. The zero-order chi connectivity index (χ0) is 20.2. The molecule has 0 radical (unpaired) electrons. The number of hydrogen-bond acceptors (Lipinski definition) is 5. The standard InChI is InChI=1S/C22H21N3O4/c1-3-27-15-8-10-16(11-9-15)28-14-17-12-13-20(29-17)21(26)24-22-23-18-6-4-5-7-19(18)25(22)2/h4-13H,3,14H2,1-2H3,(H,23,24,26). The lowest BCUT2D eigenvalue weighted by Gasteiger charge is -2.06. The number of nitrogens with zero attached hydrogens (tertiary/aromatic N) is 2. The number of nitrogens with one attached hydrogen (secondary N) is 1. The third kappa shape index (κ3) is 4.08. The van der Waals surface area contributed by atoms with Gasteiger partial charge in [0.1, 0.15) is 23.9 Å². The molecule has 0 saturated heterocycles. The molecule has 7 nitrogen and oxygen atoms in total. The molecular weight excluding hydrogens is 370 g/mol. The van der Waals surface area contributed by atoms with Gasteiger partial charge in [-0.15, -0.1) is 0 Å². The molecule has 2 aromatic carbocycles. The number of hydrogen-bond donors (Lipinski definition) is 1. The van der Waals surface area contributed by atoms with Crippen LogP contribution < -0.4 is 14.8 Å². The van der Waals surface area contributed by atoms with Crippen molar-refractivity contribution in [2.75, 3.05) is 11.9 Å². The van der Waals surface area contributed by atoms with Gasteiger partial charge in [-0.3, -0.25) is 10.1 Å². The lowest BCUT2D eigenvalue weighted by molar-refractivity contribution is 0.0991. The van der Waals surface area contributed by atoms with Crippen LogP contribution in [0, 0.1) is 0 Å². The number of furan rings is 1. The van der Waals surface area contributed by atoms with Gasteiger partial charge in [-0.2, -0.15) is 0 Å². The van der Waals surface area contributed by atoms with Crippen molar-refractivity contribution in [2.45, 2.75) is 13.5 Å². The highest BCUT2D eigenvalue weighted by Crippen LogP contribution is 2.21. The predicted octanol–water partition coefficient (Wildman–Crippen LogP) is 4.40. The summed E-state index contributed by atoms with van der Waals surface area (Å²) >= 11 is 0. The van der Waals surface area contributed by atoms with E-state index in [0.717, 1.165) is 16.8 Å². The van der Waals surface area contributed by atoms with Crippen LogP contribution in [0.4, 0.5) is 5.95 Å². The first-order chi connectivity index (χ1) is 14.1. The molecule has 0 aliphatic rings. The second kappa shape index (κ2) is 8.10. The molecular formula is C22H21N3O4. The number of para-hydroxylation sites is 2. The van der Waals surface area contributed by atoms with Gasteiger partial charge in [0.05, 0.1) is 17.6 Å². The second-order valence-corrected chi connectivity index (χ2v) is 6.40. The molecule has 29 heavy (non-hydrogen) atoms. The molecule has 0 atom stereocenters. The van der Waals surface area contributed by atoms with Crippen molar-refractivity contribution in [2.24, 2.45) is 7.05 Å². The van der Waals surface area contributed by atoms with Crippen LogP contribution in [0.5, 0.6) is 11.5 Å². The maximum Gasteiger partial charge on any atom is 0.293 e. The van der Waals surface area contributed by atoms with E-state index in [1.54, 1.807) is 12.1 Å². The van der Waals surface area contributed by atoms with E-state index in [2.05, 4.69) is 10.3 Å². The van der Waals surface area contributed by atoms with Gasteiger partial charge >= 0.3 is 0 Å². The van der Waals surface area contributed by atoms with Gasteiger partial charge in [-0.1, -0.05) is 12.1 Å². The van der Waals surface area contributed by atoms with Crippen molar-refractivity contribution in [1.82, 2.24) is 9.55 Å². The number of benzene rings is 2. The topological polar surface area (TPSA) is 78.5 Å². The van der Waals surface area contributed by atoms with Crippen LogP contribution in [0.1, 0.15) is 23.2 Å². The van der Waals surface area contributed by atoms with Gasteiger partial charge in [0.25, 0.3) is 5.91 Å². The van der Waals surface area contributed by atoms with Crippen molar-refractivity contribution in [3.63, 3.8) is 0 Å². The first-order valence-corrected chi connectivity index (χ1v) is 9.31. The SMILES string of the molecule is CCOc1ccc(OCc2ccc(C(=O)Nc3nc4ccccc4n3C)o2)cc1. The van der Waals surface area contributed by atoms with Crippen molar-refractivity contribution < 1.29 is 18.7 Å². The average Bonchev–Trinajstić information content (AvgIpc) is 3.33. The van der Waals surface area contributed by atoms with Crippen molar-refractivity contribution in [1.29, 1.82) is 0 Å². The second-order valence-electron chi connectivity index (χ2n) is 6.40. The summed E-state index contributed by atoms with van der Waals surface area (Å²) in [5.74, 6) is 2.32. The summed E-state index contributed by atoms with van der Waals surface area (Å²) in [6.45, 7) is 2.77. The molecule has 1 amide bonds. The Hall–Kier alpha value is -3.74. The largest absolute Gasteiger partial charge is 0.494 e. The van der Waals surface area contributed by atoms with Crippen LogP contribution in [0.3, 0.4) is 0 Å². The van der Waals surface area contributed by atoms with E-state index in [1.807, 2.05) is 67.1 Å². The molecule has 0 aliphatic carbocycles. The Morgan fingerprint density at radius 2 is 1.76 bits per heavy atom. The summed E-state index contributed by atoms with van der Waals surface area (Å²) < 4.78 is 18.5. The fraction of sp³-hybridized carbons (Fsp3) is 0.182. The van der Waals surface area contributed by atoms with E-state index in [9.17, 15) is 4.79 Å². The Bertz CT molecular complexity index is 1130. The van der Waals surface area contributed by atoms with Crippen molar-refractivity contribution >= 4 is 22.9 Å². The monoisotopic (exact) mass is 391 g/mol. The van der Waals surface area contributed by atoms with Gasteiger partial charge in [0.2, 0.25) is 5.95 Å². The minimum absolute atomic E-state index is 0.197. The zero-order valence-corrected chi connectivity index (χ0v) is 16.2. The first-order valence-electron chi connectivity index (χ1n) is 9.31. The maximum absolute atomic E-state index is 12.5. The highest BCUT2D eigenvalue weighted by atomic mass is 16.5. The van der Waals surface area contributed by atoms with Crippen LogP contribution in [0.2, 0.25) is 0 Å². The molecule has 4 aromatic rings. The van der Waals surface area contributed by atoms with E-state index < -0.39 is 0 Å². The summed E-state index contributed by atoms with van der Waals surface area (Å²) in [6.07, 6.45) is 0. The zero-order valence-electron chi connectivity index (χ0n) is 16.2. The number of anilines is 1. The summed E-state index contributed by atoms with van der Waals surface area (Å²) in [7, 11) is 1.85.